The summed E-state index contributed by atoms with van der Waals surface area (Å²) in [5.74, 6) is 0.971. The number of carbonyl (C=O) groups excluding carboxylic acids is 1. The van der Waals surface area contributed by atoms with Crippen LogP contribution in [0.5, 0.6) is 0 Å². The first kappa shape index (κ1) is 20.2. The third-order valence-electron chi connectivity index (χ3n) is 5.86. The Morgan fingerprint density at radius 2 is 2.00 bits per heavy atom. The van der Waals surface area contributed by atoms with Gasteiger partial charge in [0.05, 0.1) is 23.4 Å². The quantitative estimate of drug-likeness (QED) is 0.444. The monoisotopic (exact) mass is 427 g/mol. The van der Waals surface area contributed by atoms with Crippen LogP contribution in [-0.2, 0) is 24.3 Å². The Morgan fingerprint density at radius 1 is 1.16 bits per heavy atom. The zero-order valence-electron chi connectivity index (χ0n) is 17.9. The van der Waals surface area contributed by atoms with Gasteiger partial charge in [-0.15, -0.1) is 0 Å². The fourth-order valence-corrected chi connectivity index (χ4v) is 4.31. The molecular formula is C25H25N5O2. The molecule has 162 valence electrons. The van der Waals surface area contributed by atoms with E-state index in [1.165, 1.54) is 5.56 Å². The number of aryl methyl sites for hydroxylation is 1. The zero-order valence-corrected chi connectivity index (χ0v) is 17.9. The lowest BCUT2D eigenvalue weighted by molar-refractivity contribution is 0.100. The maximum atomic E-state index is 11.9. The van der Waals surface area contributed by atoms with Crippen LogP contribution < -0.4 is 11.1 Å². The standard InChI is InChI=1S/C25H25N5O2/c1-15-21(18-9-5-10-19(23(26)31)22(18)28-15)25-29-20-14-32-12-6-11-17(20)24(30-25)27-13-16-7-3-2-4-8-16/h2-5,7-10,28H,6,11-14H2,1H3,(H2,26,31)(H,27,29,30). The first-order chi connectivity index (χ1) is 15.6. The molecule has 4 N–H and O–H groups in total. The van der Waals surface area contributed by atoms with Gasteiger partial charge in [0.15, 0.2) is 5.82 Å². The molecule has 1 aliphatic heterocycles. The number of hydrogen-bond donors (Lipinski definition) is 3. The number of H-pyrrole nitrogens is 1. The molecule has 0 unspecified atom stereocenters. The van der Waals surface area contributed by atoms with Gasteiger partial charge in [-0.05, 0) is 31.4 Å². The minimum atomic E-state index is -0.468. The molecule has 2 aromatic carbocycles. The lowest BCUT2D eigenvalue weighted by atomic mass is 10.1. The number of para-hydroxylation sites is 1. The van der Waals surface area contributed by atoms with Crippen LogP contribution in [0.4, 0.5) is 5.82 Å². The van der Waals surface area contributed by atoms with Crippen LogP contribution >= 0.6 is 0 Å². The molecule has 32 heavy (non-hydrogen) atoms. The number of nitrogens with one attached hydrogen (secondary N) is 2. The van der Waals surface area contributed by atoms with Crippen molar-refractivity contribution in [1.82, 2.24) is 15.0 Å². The smallest absolute Gasteiger partial charge is 0.250 e. The largest absolute Gasteiger partial charge is 0.375 e. The van der Waals surface area contributed by atoms with Gasteiger partial charge in [-0.25, -0.2) is 9.97 Å². The van der Waals surface area contributed by atoms with Crippen molar-refractivity contribution >= 4 is 22.6 Å². The molecule has 0 aliphatic carbocycles. The number of aromatic amines is 1. The van der Waals surface area contributed by atoms with Crippen molar-refractivity contribution in [1.29, 1.82) is 0 Å². The highest BCUT2D eigenvalue weighted by Gasteiger charge is 2.22. The van der Waals surface area contributed by atoms with Crippen LogP contribution in [0.1, 0.15) is 39.3 Å². The number of rotatable bonds is 5. The maximum absolute atomic E-state index is 11.9. The lowest BCUT2D eigenvalue weighted by Gasteiger charge is -2.15. The summed E-state index contributed by atoms with van der Waals surface area (Å²) in [6.45, 7) is 3.79. The Morgan fingerprint density at radius 3 is 2.81 bits per heavy atom. The second-order valence-corrected chi connectivity index (χ2v) is 8.03. The van der Waals surface area contributed by atoms with Gasteiger partial charge in [-0.1, -0.05) is 42.5 Å². The third-order valence-corrected chi connectivity index (χ3v) is 5.86. The van der Waals surface area contributed by atoms with Crippen molar-refractivity contribution in [2.45, 2.75) is 32.9 Å². The number of benzene rings is 2. The second kappa shape index (κ2) is 8.43. The van der Waals surface area contributed by atoms with Crippen molar-refractivity contribution in [2.75, 3.05) is 11.9 Å². The molecular weight excluding hydrogens is 402 g/mol. The highest BCUT2D eigenvalue weighted by atomic mass is 16.5. The minimum Gasteiger partial charge on any atom is -0.375 e. The summed E-state index contributed by atoms with van der Waals surface area (Å²) in [4.78, 5) is 25.1. The predicted molar refractivity (Wildman–Crippen MR) is 124 cm³/mol. The fraction of sp³-hybridized carbons (Fsp3) is 0.240. The number of amides is 1. The summed E-state index contributed by atoms with van der Waals surface area (Å²) in [6.07, 6.45) is 1.80. The number of anilines is 1. The van der Waals surface area contributed by atoms with Crippen LogP contribution in [0.3, 0.4) is 0 Å². The van der Waals surface area contributed by atoms with Gasteiger partial charge in [-0.3, -0.25) is 4.79 Å². The van der Waals surface area contributed by atoms with Gasteiger partial charge in [-0.2, -0.15) is 0 Å². The predicted octanol–water partition coefficient (Wildman–Crippen LogP) is 4.11. The first-order valence-corrected chi connectivity index (χ1v) is 10.8. The Kier molecular flexibility index (Phi) is 5.33. The summed E-state index contributed by atoms with van der Waals surface area (Å²) >= 11 is 0. The van der Waals surface area contributed by atoms with E-state index in [-0.39, 0.29) is 0 Å². The van der Waals surface area contributed by atoms with Crippen molar-refractivity contribution in [3.8, 4) is 11.4 Å². The van der Waals surface area contributed by atoms with E-state index in [0.29, 0.717) is 36.7 Å². The maximum Gasteiger partial charge on any atom is 0.250 e. The Labute approximate surface area is 186 Å². The Balaban J connectivity index is 1.63. The number of hydrogen-bond acceptors (Lipinski definition) is 5. The van der Waals surface area contributed by atoms with E-state index in [1.54, 1.807) is 6.07 Å². The van der Waals surface area contributed by atoms with E-state index in [2.05, 4.69) is 22.4 Å². The molecule has 0 saturated carbocycles. The fourth-order valence-electron chi connectivity index (χ4n) is 4.31. The number of carbonyl (C=O) groups is 1. The first-order valence-electron chi connectivity index (χ1n) is 10.8. The number of fused-ring (bicyclic) bond motifs is 2. The summed E-state index contributed by atoms with van der Waals surface area (Å²) in [6, 6.07) is 15.8. The van der Waals surface area contributed by atoms with Crippen LogP contribution in [0.25, 0.3) is 22.3 Å². The molecule has 0 fully saturated rings. The molecule has 0 bridgehead atoms. The van der Waals surface area contributed by atoms with Crippen LogP contribution in [0.2, 0.25) is 0 Å². The average molecular weight is 428 g/mol. The molecule has 2 aromatic heterocycles. The van der Waals surface area contributed by atoms with Crippen LogP contribution in [0.15, 0.2) is 48.5 Å². The third kappa shape index (κ3) is 3.71. The van der Waals surface area contributed by atoms with Gasteiger partial charge >= 0.3 is 0 Å². The van der Waals surface area contributed by atoms with Gasteiger partial charge in [0, 0.05) is 35.4 Å². The van der Waals surface area contributed by atoms with E-state index < -0.39 is 5.91 Å². The molecule has 0 saturated heterocycles. The number of primary amides is 1. The van der Waals surface area contributed by atoms with Gasteiger partial charge in [0.1, 0.15) is 5.82 Å². The van der Waals surface area contributed by atoms with Crippen molar-refractivity contribution in [3.05, 3.63) is 76.6 Å². The summed E-state index contributed by atoms with van der Waals surface area (Å²) in [5, 5.41) is 4.40. The molecule has 3 heterocycles. The van der Waals surface area contributed by atoms with E-state index >= 15 is 0 Å². The van der Waals surface area contributed by atoms with Crippen molar-refractivity contribution in [2.24, 2.45) is 5.73 Å². The Hall–Kier alpha value is -3.71. The normalized spacial score (nSPS) is 13.5. The summed E-state index contributed by atoms with van der Waals surface area (Å²) < 4.78 is 5.79. The molecule has 1 aliphatic rings. The van der Waals surface area contributed by atoms with Crippen molar-refractivity contribution in [3.63, 3.8) is 0 Å². The average Bonchev–Trinajstić information content (AvgIpc) is 2.96. The summed E-state index contributed by atoms with van der Waals surface area (Å²) in [5.41, 5.74) is 11.7. The minimum absolute atomic E-state index is 0.456. The van der Waals surface area contributed by atoms with Crippen LogP contribution in [0, 0.1) is 6.92 Å². The van der Waals surface area contributed by atoms with E-state index in [9.17, 15) is 4.79 Å². The van der Waals surface area contributed by atoms with Gasteiger partial charge in [0.2, 0.25) is 0 Å². The molecule has 0 radical (unpaired) electrons. The topological polar surface area (TPSA) is 106 Å². The lowest BCUT2D eigenvalue weighted by Crippen LogP contribution is -2.11. The zero-order chi connectivity index (χ0) is 22.1. The Bertz CT molecular complexity index is 1300. The highest BCUT2D eigenvalue weighted by Crippen LogP contribution is 2.34. The molecule has 0 atom stereocenters. The molecule has 1 amide bonds. The van der Waals surface area contributed by atoms with Crippen molar-refractivity contribution < 1.29 is 9.53 Å². The van der Waals surface area contributed by atoms with E-state index in [0.717, 1.165) is 46.6 Å². The molecule has 4 aromatic rings. The van der Waals surface area contributed by atoms with Gasteiger partial charge in [0.25, 0.3) is 5.91 Å². The highest BCUT2D eigenvalue weighted by molar-refractivity contribution is 6.09. The number of nitrogens with zero attached hydrogens (tertiary/aromatic N) is 2. The molecule has 0 spiro atoms. The molecule has 7 heteroatoms. The molecule has 7 nitrogen and oxygen atoms in total. The summed E-state index contributed by atoms with van der Waals surface area (Å²) in [7, 11) is 0. The molecule has 5 rings (SSSR count). The SMILES string of the molecule is Cc1[nH]c2c(C(N)=O)cccc2c1-c1nc2c(c(NCc3ccccc3)n1)CCCOC2. The number of ether oxygens (including phenoxy) is 1. The van der Waals surface area contributed by atoms with Crippen LogP contribution in [-0.4, -0.2) is 27.5 Å². The van der Waals surface area contributed by atoms with Gasteiger partial charge < -0.3 is 20.8 Å². The second-order valence-electron chi connectivity index (χ2n) is 8.03. The van der Waals surface area contributed by atoms with E-state index in [1.807, 2.05) is 37.3 Å². The number of aromatic nitrogens is 3. The number of nitrogens with two attached hydrogens (primary N) is 1. The van der Waals surface area contributed by atoms with E-state index in [4.69, 9.17) is 20.4 Å².